The van der Waals surface area contributed by atoms with Crippen LogP contribution in [0.5, 0.6) is 5.75 Å². The molecule has 1 aliphatic rings. The lowest BCUT2D eigenvalue weighted by atomic mass is 9.62. The topological polar surface area (TPSA) is 82.9 Å². The number of hydrogen-bond acceptors (Lipinski definition) is 4. The van der Waals surface area contributed by atoms with E-state index < -0.39 is 17.1 Å². The molecular weight excluding hydrogens is 416 g/mol. The fourth-order valence-corrected chi connectivity index (χ4v) is 4.57. The van der Waals surface area contributed by atoms with Crippen LogP contribution in [-0.2, 0) is 12.2 Å². The number of nitrogens with zero attached hydrogens (tertiary/aromatic N) is 2. The maximum absolute atomic E-state index is 12.3. The Balaban J connectivity index is 1.70. The Morgan fingerprint density at radius 3 is 2.36 bits per heavy atom. The van der Waals surface area contributed by atoms with Crippen LogP contribution in [0.1, 0.15) is 48.9 Å². The molecule has 2 aromatic carbocycles. The Labute approximate surface area is 194 Å². The lowest BCUT2D eigenvalue weighted by Gasteiger charge is -2.55. The van der Waals surface area contributed by atoms with Gasteiger partial charge in [-0.25, -0.2) is 4.79 Å². The van der Waals surface area contributed by atoms with Crippen LogP contribution in [0.2, 0.25) is 0 Å². The molecule has 0 spiro atoms. The van der Waals surface area contributed by atoms with Gasteiger partial charge >= 0.3 is 6.09 Å². The van der Waals surface area contributed by atoms with Gasteiger partial charge in [-0.3, -0.25) is 4.98 Å². The summed E-state index contributed by atoms with van der Waals surface area (Å²) in [7, 11) is 0. The fourth-order valence-electron chi connectivity index (χ4n) is 4.57. The van der Waals surface area contributed by atoms with Gasteiger partial charge in [-0.1, -0.05) is 75.4 Å². The molecule has 0 radical (unpaired) electrons. The molecule has 3 aromatic rings. The highest BCUT2D eigenvalue weighted by Crippen LogP contribution is 2.51. The van der Waals surface area contributed by atoms with Crippen LogP contribution in [0, 0.1) is 5.41 Å². The second-order valence-corrected chi connectivity index (χ2v) is 9.37. The van der Waals surface area contributed by atoms with Gasteiger partial charge in [-0.15, -0.1) is 0 Å². The largest absolute Gasteiger partial charge is 0.487 e. The number of ether oxygens (including phenoxy) is 1. The molecule has 172 valence electrons. The summed E-state index contributed by atoms with van der Waals surface area (Å²) < 4.78 is 5.96. The average molecular weight is 447 g/mol. The van der Waals surface area contributed by atoms with E-state index in [0.717, 1.165) is 5.56 Å². The minimum atomic E-state index is -1.44. The molecule has 2 N–H and O–H groups in total. The summed E-state index contributed by atoms with van der Waals surface area (Å²) in [5.41, 5.74) is 1.34. The van der Waals surface area contributed by atoms with Gasteiger partial charge in [-0.05, 0) is 28.7 Å². The Bertz CT molecular complexity index is 1110. The molecule has 0 aliphatic carbocycles. The summed E-state index contributed by atoms with van der Waals surface area (Å²) in [4.78, 5) is 17.1. The molecule has 1 aliphatic heterocycles. The molecular formula is C27H30N2O4. The third-order valence-corrected chi connectivity index (χ3v) is 6.60. The van der Waals surface area contributed by atoms with Crippen molar-refractivity contribution in [1.29, 1.82) is 0 Å². The molecule has 6 heteroatoms. The van der Waals surface area contributed by atoms with Crippen molar-refractivity contribution < 1.29 is 19.7 Å². The summed E-state index contributed by atoms with van der Waals surface area (Å²) in [6.07, 6.45) is 2.28. The van der Waals surface area contributed by atoms with Gasteiger partial charge in [0.25, 0.3) is 0 Å². The Morgan fingerprint density at radius 2 is 1.76 bits per heavy atom. The van der Waals surface area contributed by atoms with Crippen molar-refractivity contribution in [2.24, 2.45) is 5.41 Å². The average Bonchev–Trinajstić information content (AvgIpc) is 2.81. The number of hydrogen-bond donors (Lipinski definition) is 2. The summed E-state index contributed by atoms with van der Waals surface area (Å²) in [5.74, 6) is 0.914. The van der Waals surface area contributed by atoms with Gasteiger partial charge in [0.1, 0.15) is 18.0 Å². The number of likely N-dealkylation sites (tertiary alicyclic amines) is 1. The number of carbonyl (C=O) groups is 1. The standard InChI is InChI=1S/C27H30N2O4/c1-19(2)21-9-11-22(12-10-21)27(32,26(3)17-29(18-26)25(30)31)23-13-24(15-28-14-23)33-16-20-7-5-4-6-8-20/h4-15,19,32H,16-18H2,1-3H3,(H,30,31)/t27-/m0/s1. The smallest absolute Gasteiger partial charge is 0.407 e. The van der Waals surface area contributed by atoms with Gasteiger partial charge < -0.3 is 19.8 Å². The second kappa shape index (κ2) is 8.87. The number of aromatic nitrogens is 1. The molecule has 1 atom stereocenters. The SMILES string of the molecule is CC(C)c1ccc([C@](O)(c2cncc(OCc3ccccc3)c2)C2(C)CN(C(=O)O)C2)cc1. The van der Waals surface area contributed by atoms with E-state index >= 15 is 0 Å². The van der Waals surface area contributed by atoms with Gasteiger partial charge in [0.15, 0.2) is 0 Å². The molecule has 2 heterocycles. The van der Waals surface area contributed by atoms with E-state index in [4.69, 9.17) is 4.74 Å². The van der Waals surface area contributed by atoms with Gasteiger partial charge in [0, 0.05) is 30.3 Å². The van der Waals surface area contributed by atoms with Crippen molar-refractivity contribution in [3.8, 4) is 5.75 Å². The minimum Gasteiger partial charge on any atom is -0.487 e. The number of rotatable bonds is 7. The highest BCUT2D eigenvalue weighted by molar-refractivity contribution is 5.67. The lowest BCUT2D eigenvalue weighted by Crippen LogP contribution is -2.66. The molecule has 33 heavy (non-hydrogen) atoms. The molecule has 1 saturated heterocycles. The van der Waals surface area contributed by atoms with Crippen LogP contribution in [0.4, 0.5) is 4.79 Å². The highest BCUT2D eigenvalue weighted by Gasteiger charge is 2.57. The van der Waals surface area contributed by atoms with Crippen molar-refractivity contribution in [3.05, 3.63) is 95.3 Å². The Morgan fingerprint density at radius 1 is 1.09 bits per heavy atom. The van der Waals surface area contributed by atoms with E-state index in [1.807, 2.05) is 61.5 Å². The quantitative estimate of drug-likeness (QED) is 0.532. The maximum Gasteiger partial charge on any atom is 0.407 e. The molecule has 0 unspecified atom stereocenters. The summed E-state index contributed by atoms with van der Waals surface area (Å²) >= 11 is 0. The van der Waals surface area contributed by atoms with Crippen molar-refractivity contribution in [1.82, 2.24) is 9.88 Å². The normalized spacial score (nSPS) is 16.7. The number of amides is 1. The van der Waals surface area contributed by atoms with Crippen LogP contribution >= 0.6 is 0 Å². The van der Waals surface area contributed by atoms with Crippen LogP contribution in [0.3, 0.4) is 0 Å². The Hall–Kier alpha value is -3.38. The molecule has 1 amide bonds. The van der Waals surface area contributed by atoms with E-state index in [-0.39, 0.29) is 13.1 Å². The molecule has 0 bridgehead atoms. The first kappa shape index (κ1) is 22.8. The van der Waals surface area contributed by atoms with E-state index in [1.165, 1.54) is 10.5 Å². The molecule has 1 aromatic heterocycles. The molecule has 0 saturated carbocycles. The third kappa shape index (κ3) is 4.31. The number of pyridine rings is 1. The first-order chi connectivity index (χ1) is 15.7. The number of benzene rings is 2. The maximum atomic E-state index is 12.3. The van der Waals surface area contributed by atoms with Crippen molar-refractivity contribution in [3.63, 3.8) is 0 Å². The van der Waals surface area contributed by atoms with Crippen molar-refractivity contribution >= 4 is 6.09 Å². The number of aliphatic hydroxyl groups is 1. The fraction of sp³-hybridized carbons (Fsp3) is 0.333. The van der Waals surface area contributed by atoms with Gasteiger partial charge in [0.2, 0.25) is 0 Å². The predicted octanol–water partition coefficient (Wildman–Crippen LogP) is 5.02. The number of carboxylic acid groups (broad SMARTS) is 1. The molecule has 4 rings (SSSR count). The first-order valence-corrected chi connectivity index (χ1v) is 11.2. The third-order valence-electron chi connectivity index (χ3n) is 6.60. The van der Waals surface area contributed by atoms with E-state index in [2.05, 4.69) is 18.8 Å². The van der Waals surface area contributed by atoms with Crippen molar-refractivity contribution in [2.45, 2.75) is 38.9 Å². The van der Waals surface area contributed by atoms with Crippen LogP contribution in [-0.4, -0.2) is 39.3 Å². The summed E-state index contributed by atoms with van der Waals surface area (Å²) in [6.45, 7) is 6.99. The zero-order valence-corrected chi connectivity index (χ0v) is 19.2. The summed E-state index contributed by atoms with van der Waals surface area (Å²) in [6, 6.07) is 19.5. The van der Waals surface area contributed by atoms with Gasteiger partial charge in [-0.2, -0.15) is 0 Å². The monoisotopic (exact) mass is 446 g/mol. The van der Waals surface area contributed by atoms with E-state index in [9.17, 15) is 15.0 Å². The minimum absolute atomic E-state index is 0.222. The zero-order valence-electron chi connectivity index (χ0n) is 19.2. The molecule has 1 fully saturated rings. The van der Waals surface area contributed by atoms with Crippen LogP contribution < -0.4 is 4.74 Å². The van der Waals surface area contributed by atoms with Crippen LogP contribution in [0.25, 0.3) is 0 Å². The second-order valence-electron chi connectivity index (χ2n) is 9.37. The lowest BCUT2D eigenvalue weighted by molar-refractivity contribution is -0.124. The first-order valence-electron chi connectivity index (χ1n) is 11.2. The molecule has 6 nitrogen and oxygen atoms in total. The highest BCUT2D eigenvalue weighted by atomic mass is 16.5. The Kier molecular flexibility index (Phi) is 6.13. The van der Waals surface area contributed by atoms with E-state index in [0.29, 0.717) is 29.4 Å². The summed E-state index contributed by atoms with van der Waals surface area (Å²) in [5, 5.41) is 21.7. The predicted molar refractivity (Wildman–Crippen MR) is 126 cm³/mol. The van der Waals surface area contributed by atoms with Crippen LogP contribution in [0.15, 0.2) is 73.1 Å². The van der Waals surface area contributed by atoms with Gasteiger partial charge in [0.05, 0.1) is 6.20 Å². The van der Waals surface area contributed by atoms with E-state index in [1.54, 1.807) is 18.5 Å². The zero-order chi connectivity index (χ0) is 23.6. The van der Waals surface area contributed by atoms with Crippen molar-refractivity contribution in [2.75, 3.05) is 13.1 Å².